The Morgan fingerprint density at radius 1 is 1.29 bits per heavy atom. The van der Waals surface area contributed by atoms with E-state index in [-0.39, 0.29) is 30.5 Å². The maximum atomic E-state index is 12.9. The van der Waals surface area contributed by atoms with Crippen molar-refractivity contribution in [2.45, 2.75) is 44.4 Å². The highest BCUT2D eigenvalue weighted by Crippen LogP contribution is 2.34. The third-order valence-electron chi connectivity index (χ3n) is 5.17. The third kappa shape index (κ3) is 2.55. The van der Waals surface area contributed by atoms with Crippen LogP contribution in [0.1, 0.15) is 26.2 Å². The smallest absolute Gasteiger partial charge is 0.268 e. The number of rotatable bonds is 2. The summed E-state index contributed by atoms with van der Waals surface area (Å²) in [5.41, 5.74) is 0.671. The normalized spacial score (nSPS) is 29.0. The first-order chi connectivity index (χ1) is 11.6. The zero-order valence-corrected chi connectivity index (χ0v) is 13.8. The maximum Gasteiger partial charge on any atom is 0.268 e. The second-order valence-corrected chi connectivity index (χ2v) is 6.65. The molecule has 128 valence electrons. The fourth-order valence-electron chi connectivity index (χ4n) is 3.98. The van der Waals surface area contributed by atoms with E-state index < -0.39 is 6.10 Å². The minimum Gasteiger partial charge on any atom is -0.479 e. The summed E-state index contributed by atoms with van der Waals surface area (Å²) in [7, 11) is 0. The van der Waals surface area contributed by atoms with Gasteiger partial charge in [-0.15, -0.1) is 0 Å². The van der Waals surface area contributed by atoms with Crippen molar-refractivity contribution in [3.63, 3.8) is 0 Å². The van der Waals surface area contributed by atoms with Gasteiger partial charge in [0.2, 0.25) is 5.91 Å². The second-order valence-electron chi connectivity index (χ2n) is 6.65. The van der Waals surface area contributed by atoms with Gasteiger partial charge < -0.3 is 14.4 Å². The van der Waals surface area contributed by atoms with Crippen LogP contribution in [-0.4, -0.2) is 54.7 Å². The molecular weight excluding hydrogens is 308 g/mol. The molecule has 24 heavy (non-hydrogen) atoms. The zero-order chi connectivity index (χ0) is 16.7. The topological polar surface area (TPSA) is 59.1 Å². The number of para-hydroxylation sites is 2. The molecule has 0 radical (unpaired) electrons. The Bertz CT molecular complexity index is 662. The number of anilines is 1. The highest BCUT2D eigenvalue weighted by Gasteiger charge is 2.40. The second kappa shape index (κ2) is 6.09. The van der Waals surface area contributed by atoms with E-state index in [0.29, 0.717) is 24.6 Å². The largest absolute Gasteiger partial charge is 0.479 e. The SMILES string of the molecule is C[C@@H]1Oc2ccccc2N(CC(=O)N2CCO[C@H]3CCC[C@H]32)C1=O. The lowest BCUT2D eigenvalue weighted by atomic mass is 10.1. The van der Waals surface area contributed by atoms with E-state index in [2.05, 4.69) is 0 Å². The van der Waals surface area contributed by atoms with E-state index in [1.54, 1.807) is 11.8 Å². The quantitative estimate of drug-likeness (QED) is 0.826. The molecule has 3 aliphatic rings. The number of carbonyl (C=O) groups is 2. The molecule has 1 saturated heterocycles. The Balaban J connectivity index is 1.55. The van der Waals surface area contributed by atoms with Crippen molar-refractivity contribution in [2.24, 2.45) is 0 Å². The number of benzene rings is 1. The minimum atomic E-state index is -0.573. The third-order valence-corrected chi connectivity index (χ3v) is 5.17. The highest BCUT2D eigenvalue weighted by molar-refractivity contribution is 6.03. The van der Waals surface area contributed by atoms with Crippen LogP contribution in [-0.2, 0) is 14.3 Å². The van der Waals surface area contributed by atoms with Crippen LogP contribution >= 0.6 is 0 Å². The molecule has 1 aliphatic carbocycles. The van der Waals surface area contributed by atoms with Crippen LogP contribution in [0.4, 0.5) is 5.69 Å². The number of hydrogen-bond donors (Lipinski definition) is 0. The summed E-state index contributed by atoms with van der Waals surface area (Å²) in [6, 6.07) is 7.54. The Labute approximate surface area is 141 Å². The molecule has 3 atom stereocenters. The fourth-order valence-corrected chi connectivity index (χ4v) is 3.98. The molecule has 0 bridgehead atoms. The van der Waals surface area contributed by atoms with Gasteiger partial charge in [0.15, 0.2) is 6.10 Å². The number of carbonyl (C=O) groups excluding carboxylic acids is 2. The Kier molecular flexibility index (Phi) is 3.92. The molecule has 0 aromatic heterocycles. The molecule has 2 fully saturated rings. The first kappa shape index (κ1) is 15.4. The number of ether oxygens (including phenoxy) is 2. The molecule has 0 N–H and O–H groups in total. The predicted octanol–water partition coefficient (Wildman–Crippen LogP) is 1.58. The van der Waals surface area contributed by atoms with Crippen molar-refractivity contribution in [3.8, 4) is 5.75 Å². The molecular formula is C18H22N2O4. The summed E-state index contributed by atoms with van der Waals surface area (Å²) < 4.78 is 11.4. The molecule has 0 unspecified atom stereocenters. The van der Waals surface area contributed by atoms with Crippen LogP contribution in [0.15, 0.2) is 24.3 Å². The number of hydrogen-bond acceptors (Lipinski definition) is 4. The van der Waals surface area contributed by atoms with Crippen molar-refractivity contribution in [2.75, 3.05) is 24.6 Å². The Hall–Kier alpha value is -2.08. The average Bonchev–Trinajstić information content (AvgIpc) is 3.07. The van der Waals surface area contributed by atoms with Gasteiger partial charge in [-0.05, 0) is 38.3 Å². The van der Waals surface area contributed by atoms with Crippen LogP contribution < -0.4 is 9.64 Å². The minimum absolute atomic E-state index is 0.00699. The number of amides is 2. The van der Waals surface area contributed by atoms with E-state index in [0.717, 1.165) is 19.3 Å². The van der Waals surface area contributed by atoms with Crippen LogP contribution in [0.2, 0.25) is 0 Å². The molecule has 6 heteroatoms. The lowest BCUT2D eigenvalue weighted by molar-refractivity contribution is -0.143. The predicted molar refractivity (Wildman–Crippen MR) is 88.0 cm³/mol. The lowest BCUT2D eigenvalue weighted by Gasteiger charge is -2.39. The van der Waals surface area contributed by atoms with Gasteiger partial charge in [0.05, 0.1) is 24.4 Å². The monoisotopic (exact) mass is 330 g/mol. The standard InChI is InChI=1S/C18H22N2O4/c1-12-18(22)20(14-5-2-3-7-16(14)24-12)11-17(21)19-9-10-23-15-8-4-6-13(15)19/h2-3,5,7,12-13,15H,4,6,8-11H2,1H3/t12-,13+,15-/m0/s1. The van der Waals surface area contributed by atoms with Crippen LogP contribution in [0.5, 0.6) is 5.75 Å². The fraction of sp³-hybridized carbons (Fsp3) is 0.556. The van der Waals surface area contributed by atoms with E-state index in [1.807, 2.05) is 29.2 Å². The molecule has 6 nitrogen and oxygen atoms in total. The molecule has 2 aliphatic heterocycles. The van der Waals surface area contributed by atoms with Gasteiger partial charge in [0.25, 0.3) is 5.91 Å². The van der Waals surface area contributed by atoms with Gasteiger partial charge in [-0.25, -0.2) is 0 Å². The van der Waals surface area contributed by atoms with Crippen molar-refractivity contribution in [1.29, 1.82) is 0 Å². The summed E-state index contributed by atoms with van der Waals surface area (Å²) in [5.74, 6) is 0.476. The van der Waals surface area contributed by atoms with Crippen molar-refractivity contribution in [1.82, 2.24) is 4.90 Å². The van der Waals surface area contributed by atoms with Crippen molar-refractivity contribution >= 4 is 17.5 Å². The number of fused-ring (bicyclic) bond motifs is 2. The van der Waals surface area contributed by atoms with Gasteiger partial charge in [0.1, 0.15) is 12.3 Å². The summed E-state index contributed by atoms with van der Waals surface area (Å²) in [6.07, 6.45) is 2.69. The van der Waals surface area contributed by atoms with Gasteiger partial charge in [-0.2, -0.15) is 0 Å². The van der Waals surface area contributed by atoms with Crippen LogP contribution in [0.3, 0.4) is 0 Å². The van der Waals surface area contributed by atoms with E-state index in [4.69, 9.17) is 9.47 Å². The molecule has 1 aromatic rings. The van der Waals surface area contributed by atoms with E-state index in [9.17, 15) is 9.59 Å². The Morgan fingerprint density at radius 2 is 2.12 bits per heavy atom. The zero-order valence-electron chi connectivity index (χ0n) is 13.8. The first-order valence-corrected chi connectivity index (χ1v) is 8.63. The molecule has 2 amide bonds. The highest BCUT2D eigenvalue weighted by atomic mass is 16.5. The van der Waals surface area contributed by atoms with Crippen molar-refractivity contribution in [3.05, 3.63) is 24.3 Å². The Morgan fingerprint density at radius 3 is 3.00 bits per heavy atom. The molecule has 1 saturated carbocycles. The van der Waals surface area contributed by atoms with Gasteiger partial charge in [-0.1, -0.05) is 12.1 Å². The van der Waals surface area contributed by atoms with Gasteiger partial charge in [0, 0.05) is 6.54 Å². The molecule has 4 rings (SSSR count). The van der Waals surface area contributed by atoms with Gasteiger partial charge in [-0.3, -0.25) is 14.5 Å². The van der Waals surface area contributed by atoms with Gasteiger partial charge >= 0.3 is 0 Å². The van der Waals surface area contributed by atoms with Crippen molar-refractivity contribution < 1.29 is 19.1 Å². The summed E-state index contributed by atoms with van der Waals surface area (Å²) in [4.78, 5) is 28.9. The summed E-state index contributed by atoms with van der Waals surface area (Å²) in [6.45, 7) is 2.97. The van der Waals surface area contributed by atoms with E-state index in [1.165, 1.54) is 0 Å². The lowest BCUT2D eigenvalue weighted by Crippen LogP contribution is -2.55. The average molecular weight is 330 g/mol. The van der Waals surface area contributed by atoms with Crippen LogP contribution in [0, 0.1) is 0 Å². The number of nitrogens with zero attached hydrogens (tertiary/aromatic N) is 2. The summed E-state index contributed by atoms with van der Waals surface area (Å²) in [5, 5.41) is 0. The summed E-state index contributed by atoms with van der Waals surface area (Å²) >= 11 is 0. The number of morpholine rings is 1. The van der Waals surface area contributed by atoms with E-state index >= 15 is 0 Å². The molecule has 0 spiro atoms. The first-order valence-electron chi connectivity index (χ1n) is 8.63. The maximum absolute atomic E-state index is 12.9. The molecule has 2 heterocycles. The van der Waals surface area contributed by atoms with Crippen LogP contribution in [0.25, 0.3) is 0 Å². The molecule has 1 aromatic carbocycles.